The first kappa shape index (κ1) is 32.8. The van der Waals surface area contributed by atoms with E-state index in [0.29, 0.717) is 17.4 Å². The van der Waals surface area contributed by atoms with Crippen molar-refractivity contribution in [3.63, 3.8) is 0 Å². The number of carbonyl (C=O) groups excluding carboxylic acids is 2. The van der Waals surface area contributed by atoms with Crippen molar-refractivity contribution in [1.29, 1.82) is 0 Å². The lowest BCUT2D eigenvalue weighted by atomic mass is 10.3. The number of aliphatic imine (C=N–C) groups is 1. The van der Waals surface area contributed by atoms with E-state index in [2.05, 4.69) is 17.0 Å². The molecule has 0 radical (unpaired) electrons. The number of hydrogen-bond donors (Lipinski definition) is 3. The van der Waals surface area contributed by atoms with E-state index in [1.165, 1.54) is 30.3 Å². The molecule has 3 rings (SSSR count). The van der Waals surface area contributed by atoms with Crippen molar-refractivity contribution in [2.45, 2.75) is 0 Å². The zero-order chi connectivity index (χ0) is 27.7. The van der Waals surface area contributed by atoms with E-state index in [-0.39, 0.29) is 32.3 Å². The minimum Gasteiger partial charge on any atom is -0.453 e. The van der Waals surface area contributed by atoms with Crippen LogP contribution < -0.4 is 15.5 Å². The molecule has 0 atom stereocenters. The third-order valence-electron chi connectivity index (χ3n) is 3.72. The minimum atomic E-state index is -0.555. The Morgan fingerprint density at radius 2 is 1.47 bits per heavy atom. The van der Waals surface area contributed by atoms with E-state index in [1.54, 1.807) is 12.1 Å². The van der Waals surface area contributed by atoms with Gasteiger partial charge in [0.05, 0.1) is 32.3 Å². The van der Waals surface area contributed by atoms with Crippen molar-refractivity contribution in [3.8, 4) is 11.5 Å². The number of halogens is 4. The normalized spacial score (nSPS) is 9.14. The Morgan fingerprint density at radius 3 is 1.92 bits per heavy atom. The van der Waals surface area contributed by atoms with Crippen molar-refractivity contribution in [1.82, 2.24) is 5.48 Å². The van der Waals surface area contributed by atoms with E-state index in [9.17, 15) is 10.1 Å². The molecule has 0 aliphatic carbocycles. The fraction of sp³-hybridized carbons (Fsp3) is 0.0455. The fourth-order valence-corrected chi connectivity index (χ4v) is 3.13. The van der Waals surface area contributed by atoms with E-state index < -0.39 is 4.92 Å². The summed E-state index contributed by atoms with van der Waals surface area (Å²) in [4.78, 5) is 29.8. The maximum Gasteiger partial charge on any atom is 0.271 e. The quantitative estimate of drug-likeness (QED) is 0.118. The summed E-state index contributed by atoms with van der Waals surface area (Å²) in [5.41, 5.74) is 3.25. The van der Waals surface area contributed by atoms with Crippen LogP contribution in [0, 0.1) is 10.1 Å². The highest BCUT2D eigenvalue weighted by Gasteiger charge is 2.15. The number of hydrogen-bond acceptors (Lipinski definition) is 9. The summed E-state index contributed by atoms with van der Waals surface area (Å²) in [6.45, 7) is 7.70. The Morgan fingerprint density at radius 1 is 0.917 bits per heavy atom. The average molecular weight is 578 g/mol. The van der Waals surface area contributed by atoms with E-state index >= 15 is 0 Å². The highest BCUT2D eigenvalue weighted by Crippen LogP contribution is 2.41. The minimum absolute atomic E-state index is 0.0715. The number of nitro benzene ring substituents is 1. The number of carbonyl (C=O) groups is 2. The maximum absolute atomic E-state index is 10.6. The highest BCUT2D eigenvalue weighted by molar-refractivity contribution is 6.37. The lowest BCUT2D eigenvalue weighted by molar-refractivity contribution is -0.384. The number of nitrogens with zero attached hydrogens (tertiary/aromatic N) is 2. The smallest absolute Gasteiger partial charge is 0.271 e. The summed E-state index contributed by atoms with van der Waals surface area (Å²) >= 11 is 23.7. The van der Waals surface area contributed by atoms with Crippen LogP contribution in [0.5, 0.6) is 11.5 Å². The van der Waals surface area contributed by atoms with Gasteiger partial charge in [0, 0.05) is 22.8 Å². The van der Waals surface area contributed by atoms with Crippen LogP contribution in [0.3, 0.4) is 0 Å². The predicted molar refractivity (Wildman–Crippen MR) is 143 cm³/mol. The van der Waals surface area contributed by atoms with Gasteiger partial charge in [0.15, 0.2) is 5.75 Å². The first-order valence-corrected chi connectivity index (χ1v) is 10.8. The fourth-order valence-electron chi connectivity index (χ4n) is 2.24. The van der Waals surface area contributed by atoms with Gasteiger partial charge < -0.3 is 24.8 Å². The summed E-state index contributed by atoms with van der Waals surface area (Å²) in [7, 11) is 0. The molecule has 10 nitrogen and oxygen atoms in total. The second kappa shape index (κ2) is 18.1. The lowest BCUT2D eigenvalue weighted by Gasteiger charge is -2.11. The third-order valence-corrected chi connectivity index (χ3v) is 4.83. The monoisotopic (exact) mass is 576 g/mol. The Bertz CT molecular complexity index is 1110. The van der Waals surface area contributed by atoms with Crippen molar-refractivity contribution in [2.24, 2.45) is 4.99 Å². The SMILES string of the molecule is C=Nc1cc(Cl)c(Oc2ccc([N+](=O)[O-])cc2Cl)c(Cl)c1.C=O.C=O.ONCNc1ccc(Cl)cc1. The van der Waals surface area contributed by atoms with Gasteiger partial charge in [0.2, 0.25) is 0 Å². The summed E-state index contributed by atoms with van der Waals surface area (Å²) in [5.74, 6) is 0.381. The van der Waals surface area contributed by atoms with E-state index in [1.807, 2.05) is 31.2 Å². The lowest BCUT2D eigenvalue weighted by Crippen LogP contribution is -2.17. The first-order chi connectivity index (χ1) is 17.2. The zero-order valence-corrected chi connectivity index (χ0v) is 21.4. The first-order valence-electron chi connectivity index (χ1n) is 9.26. The number of non-ortho nitro benzene ring substituents is 1. The maximum atomic E-state index is 10.6. The predicted octanol–water partition coefficient (Wildman–Crippen LogP) is 7.00. The number of hydroxylamine groups is 1. The number of rotatable bonds is 7. The van der Waals surface area contributed by atoms with Gasteiger partial charge in [0.25, 0.3) is 5.69 Å². The molecule has 0 bridgehead atoms. The molecule has 0 heterocycles. The van der Waals surface area contributed by atoms with E-state index in [4.69, 9.17) is 65.9 Å². The molecule has 0 unspecified atom stereocenters. The zero-order valence-electron chi connectivity index (χ0n) is 18.4. The summed E-state index contributed by atoms with van der Waals surface area (Å²) < 4.78 is 5.52. The number of anilines is 1. The van der Waals surface area contributed by atoms with Crippen LogP contribution in [0.25, 0.3) is 0 Å². The Hall–Kier alpha value is -3.25. The van der Waals surface area contributed by atoms with E-state index in [0.717, 1.165) is 5.69 Å². The van der Waals surface area contributed by atoms with Gasteiger partial charge in [-0.1, -0.05) is 46.4 Å². The molecular formula is C22H20Cl4N4O6. The summed E-state index contributed by atoms with van der Waals surface area (Å²) in [5, 5.41) is 23.0. The molecule has 14 heteroatoms. The Labute approximate surface area is 226 Å². The highest BCUT2D eigenvalue weighted by atomic mass is 35.5. The number of nitrogens with one attached hydrogen (secondary N) is 2. The molecule has 0 aromatic heterocycles. The number of benzene rings is 3. The van der Waals surface area contributed by atoms with Gasteiger partial charge in [-0.25, -0.2) is 0 Å². The van der Waals surface area contributed by atoms with Crippen molar-refractivity contribution in [3.05, 3.63) is 84.8 Å². The molecule has 0 aliphatic rings. The van der Waals surface area contributed by atoms with Crippen LogP contribution in [-0.4, -0.2) is 37.1 Å². The molecule has 3 aromatic carbocycles. The molecule has 0 saturated carbocycles. The second-order valence-corrected chi connectivity index (χ2v) is 7.55. The molecule has 0 spiro atoms. The Kier molecular flexibility index (Phi) is 16.4. The molecule has 0 aliphatic heterocycles. The van der Waals surface area contributed by atoms with Crippen LogP contribution in [0.4, 0.5) is 17.1 Å². The van der Waals surface area contributed by atoms with Gasteiger partial charge in [-0.3, -0.25) is 15.1 Å². The van der Waals surface area contributed by atoms with Crippen molar-refractivity contribution < 1.29 is 24.5 Å². The van der Waals surface area contributed by atoms with Crippen LogP contribution in [0.15, 0.2) is 59.6 Å². The van der Waals surface area contributed by atoms with Crippen molar-refractivity contribution in [2.75, 3.05) is 12.0 Å². The average Bonchev–Trinajstić information content (AvgIpc) is 2.89. The van der Waals surface area contributed by atoms with Crippen molar-refractivity contribution >= 4 is 83.8 Å². The third kappa shape index (κ3) is 11.0. The number of ether oxygens (including phenoxy) is 1. The molecule has 36 heavy (non-hydrogen) atoms. The van der Waals surface area contributed by atoms with Gasteiger partial charge >= 0.3 is 0 Å². The molecule has 0 saturated heterocycles. The molecular weight excluding hydrogens is 558 g/mol. The van der Waals surface area contributed by atoms with Crippen LogP contribution in [0.2, 0.25) is 20.1 Å². The van der Waals surface area contributed by atoms with Gasteiger partial charge in [-0.2, -0.15) is 5.48 Å². The summed E-state index contributed by atoms with van der Waals surface area (Å²) in [6, 6.07) is 14.1. The van der Waals surface area contributed by atoms with Crippen LogP contribution >= 0.6 is 46.4 Å². The molecule has 0 amide bonds. The van der Waals surface area contributed by atoms with Gasteiger partial charge in [0.1, 0.15) is 19.3 Å². The molecule has 3 N–H and O–H groups in total. The van der Waals surface area contributed by atoms with Gasteiger partial charge in [-0.05, 0) is 49.2 Å². The van der Waals surface area contributed by atoms with Crippen LogP contribution in [-0.2, 0) is 9.59 Å². The van der Waals surface area contributed by atoms with Gasteiger partial charge in [-0.15, -0.1) is 0 Å². The molecule has 0 fully saturated rings. The topological polar surface area (TPSA) is 143 Å². The second-order valence-electron chi connectivity index (χ2n) is 5.89. The largest absolute Gasteiger partial charge is 0.453 e. The standard InChI is InChI=1S/C13H7Cl3N2O3.C7H9ClN2O.2CH2O/c1-17-7-4-10(15)13(11(16)5-7)21-12-3-2-8(18(19)20)6-9(12)14;8-6-1-3-7(4-2-6)9-5-10-11;2*1-2/h2-6H,1H2;1-4,9-11H,5H2;2*1H2. The number of nitro groups is 1. The summed E-state index contributed by atoms with van der Waals surface area (Å²) in [6.07, 6.45) is 0. The molecule has 3 aromatic rings. The Balaban J connectivity index is 0.000000688. The van der Waals surface area contributed by atoms with Crippen LogP contribution in [0.1, 0.15) is 0 Å². The molecule has 192 valence electrons.